The standard InChI is InChI=1S/C19H24FNOSi/c1-19(2,3)23(4,5)21(17-10-8-16(20)9-11-17)14-15-6-12-18(22)13-7-15/h6-14H,1-5H3. The van der Waals surface area contributed by atoms with Crippen LogP contribution in [0.4, 0.5) is 10.1 Å². The minimum absolute atomic E-state index is 0.00260. The van der Waals surface area contributed by atoms with E-state index in [1.807, 2.05) is 24.3 Å². The highest BCUT2D eigenvalue weighted by atomic mass is 28.3. The van der Waals surface area contributed by atoms with Crippen LogP contribution in [-0.4, -0.2) is 14.0 Å². The highest BCUT2D eigenvalue weighted by Crippen LogP contribution is 2.41. The van der Waals surface area contributed by atoms with Crippen LogP contribution < -0.4 is 4.57 Å². The van der Waals surface area contributed by atoms with Gasteiger partial charge in [0.05, 0.1) is 0 Å². The van der Waals surface area contributed by atoms with Crippen LogP contribution in [0, 0.1) is 5.82 Å². The van der Waals surface area contributed by atoms with Crippen LogP contribution in [0.2, 0.25) is 18.1 Å². The summed E-state index contributed by atoms with van der Waals surface area (Å²) in [5.41, 5.74) is 1.95. The molecule has 0 aliphatic heterocycles. The van der Waals surface area contributed by atoms with Crippen LogP contribution in [0.5, 0.6) is 0 Å². The summed E-state index contributed by atoms with van der Waals surface area (Å²) in [6.07, 6.45) is 8.86. The number of ketones is 1. The molecule has 1 aliphatic carbocycles. The molecule has 0 amide bonds. The molecule has 0 radical (unpaired) electrons. The number of hydrogen-bond donors (Lipinski definition) is 0. The van der Waals surface area contributed by atoms with E-state index in [1.54, 1.807) is 12.2 Å². The Balaban J connectivity index is 2.50. The Labute approximate surface area is 139 Å². The van der Waals surface area contributed by atoms with Gasteiger partial charge in [-0.3, -0.25) is 4.79 Å². The number of carbonyl (C=O) groups is 1. The van der Waals surface area contributed by atoms with Gasteiger partial charge in [-0.2, -0.15) is 0 Å². The molecular weight excluding hydrogens is 305 g/mol. The molecule has 0 saturated heterocycles. The molecule has 1 aromatic carbocycles. The maximum absolute atomic E-state index is 13.3. The molecule has 0 fully saturated rings. The van der Waals surface area contributed by atoms with Gasteiger partial charge in [0.1, 0.15) is 5.82 Å². The van der Waals surface area contributed by atoms with Gasteiger partial charge in [-0.1, -0.05) is 33.9 Å². The van der Waals surface area contributed by atoms with Crippen molar-refractivity contribution in [1.29, 1.82) is 0 Å². The van der Waals surface area contributed by atoms with Crippen molar-refractivity contribution in [3.63, 3.8) is 0 Å². The van der Waals surface area contributed by atoms with Crippen molar-refractivity contribution in [2.24, 2.45) is 0 Å². The van der Waals surface area contributed by atoms with Crippen molar-refractivity contribution < 1.29 is 9.18 Å². The van der Waals surface area contributed by atoms with E-state index < -0.39 is 8.24 Å². The second-order valence-electron chi connectivity index (χ2n) is 7.35. The number of anilines is 1. The maximum Gasteiger partial charge on any atom is 0.178 e. The normalized spacial score (nSPS) is 15.0. The van der Waals surface area contributed by atoms with Gasteiger partial charge in [0.15, 0.2) is 14.0 Å². The van der Waals surface area contributed by atoms with Crippen molar-refractivity contribution >= 4 is 19.7 Å². The summed E-state index contributed by atoms with van der Waals surface area (Å²) in [6.45, 7) is 11.3. The van der Waals surface area contributed by atoms with E-state index in [1.165, 1.54) is 12.1 Å². The van der Waals surface area contributed by atoms with E-state index in [0.717, 1.165) is 11.3 Å². The molecule has 0 unspecified atom stereocenters. The second kappa shape index (κ2) is 6.28. The summed E-state index contributed by atoms with van der Waals surface area (Å²) < 4.78 is 15.6. The second-order valence-corrected chi connectivity index (χ2v) is 12.5. The van der Waals surface area contributed by atoms with Crippen LogP contribution in [0.15, 0.2) is 60.3 Å². The van der Waals surface area contributed by atoms with Crippen molar-refractivity contribution in [2.75, 3.05) is 4.57 Å². The number of halogens is 1. The summed E-state index contributed by atoms with van der Waals surface area (Å²) in [6, 6.07) is 6.61. The van der Waals surface area contributed by atoms with Gasteiger partial charge < -0.3 is 4.57 Å². The molecule has 23 heavy (non-hydrogen) atoms. The summed E-state index contributed by atoms with van der Waals surface area (Å²) >= 11 is 0. The van der Waals surface area contributed by atoms with Crippen molar-refractivity contribution in [1.82, 2.24) is 0 Å². The largest absolute Gasteiger partial charge is 0.374 e. The van der Waals surface area contributed by atoms with Crippen LogP contribution >= 0.6 is 0 Å². The Bertz CT molecular complexity index is 660. The minimum Gasteiger partial charge on any atom is -0.374 e. The molecule has 2 rings (SSSR count). The van der Waals surface area contributed by atoms with Gasteiger partial charge in [0.25, 0.3) is 0 Å². The summed E-state index contributed by atoms with van der Waals surface area (Å²) in [5.74, 6) is -0.234. The molecule has 1 aliphatic rings. The van der Waals surface area contributed by atoms with Crippen molar-refractivity contribution in [3.8, 4) is 0 Å². The maximum atomic E-state index is 13.3. The lowest BCUT2D eigenvalue weighted by molar-refractivity contribution is -0.110. The summed E-state index contributed by atoms with van der Waals surface area (Å²) in [7, 11) is -1.91. The van der Waals surface area contributed by atoms with Crippen molar-refractivity contribution in [2.45, 2.75) is 38.9 Å². The Morgan fingerprint density at radius 1 is 1.00 bits per heavy atom. The van der Waals surface area contributed by atoms with E-state index in [4.69, 9.17) is 0 Å². The molecule has 0 atom stereocenters. The van der Waals surface area contributed by atoms with Gasteiger partial charge >= 0.3 is 0 Å². The molecule has 0 bridgehead atoms. The lowest BCUT2D eigenvalue weighted by atomic mass is 10.1. The zero-order valence-corrected chi connectivity index (χ0v) is 15.4. The highest BCUT2D eigenvalue weighted by Gasteiger charge is 2.41. The SMILES string of the molecule is CC(C)(C)[Si](C)(C)N(C=C1C=CC(=O)C=C1)c1ccc(F)cc1. The number of hydrogen-bond acceptors (Lipinski definition) is 2. The fraction of sp³-hybridized carbons (Fsp3) is 0.316. The van der Waals surface area contributed by atoms with Crippen molar-refractivity contribution in [3.05, 3.63) is 66.2 Å². The zero-order chi connectivity index (χ0) is 17.3. The van der Waals surface area contributed by atoms with Crippen LogP contribution in [0.25, 0.3) is 0 Å². The Hall–Kier alpha value is -1.94. The van der Waals surface area contributed by atoms with Gasteiger partial charge in [0, 0.05) is 11.9 Å². The van der Waals surface area contributed by atoms with E-state index in [-0.39, 0.29) is 16.6 Å². The molecule has 0 spiro atoms. The number of benzene rings is 1. The Kier molecular flexibility index (Phi) is 4.75. The fourth-order valence-electron chi connectivity index (χ4n) is 2.22. The quantitative estimate of drug-likeness (QED) is 0.709. The highest BCUT2D eigenvalue weighted by molar-refractivity contribution is 6.84. The van der Waals surface area contributed by atoms with Crippen LogP contribution in [-0.2, 0) is 4.79 Å². The monoisotopic (exact) mass is 329 g/mol. The first-order valence-electron chi connectivity index (χ1n) is 7.78. The van der Waals surface area contributed by atoms with E-state index in [9.17, 15) is 9.18 Å². The third-order valence-electron chi connectivity index (χ3n) is 4.70. The molecule has 0 saturated carbocycles. The van der Waals surface area contributed by atoms with Gasteiger partial charge in [0.2, 0.25) is 0 Å². The average Bonchev–Trinajstić information content (AvgIpc) is 2.46. The number of carbonyl (C=O) groups excluding carboxylic acids is 1. The molecule has 0 aromatic heterocycles. The van der Waals surface area contributed by atoms with Gasteiger partial charge in [-0.25, -0.2) is 4.39 Å². The fourth-order valence-corrected chi connectivity index (χ4v) is 4.21. The van der Waals surface area contributed by atoms with Crippen LogP contribution in [0.1, 0.15) is 20.8 Å². The number of allylic oxidation sites excluding steroid dienone is 5. The third-order valence-corrected chi connectivity index (χ3v) is 9.96. The minimum atomic E-state index is -1.91. The first-order valence-corrected chi connectivity index (χ1v) is 10.7. The molecule has 1 aromatic rings. The predicted molar refractivity (Wildman–Crippen MR) is 97.4 cm³/mol. The summed E-state index contributed by atoms with van der Waals surface area (Å²) in [5, 5.41) is 0.121. The number of rotatable bonds is 3. The van der Waals surface area contributed by atoms with Crippen LogP contribution in [0.3, 0.4) is 0 Å². The first kappa shape index (κ1) is 17.4. The molecule has 0 N–H and O–H groups in total. The Morgan fingerprint density at radius 3 is 2.00 bits per heavy atom. The topological polar surface area (TPSA) is 20.3 Å². The first-order chi connectivity index (χ1) is 10.6. The lowest BCUT2D eigenvalue weighted by Crippen LogP contribution is -2.53. The summed E-state index contributed by atoms with van der Waals surface area (Å²) in [4.78, 5) is 11.3. The number of nitrogens with zero attached hydrogens (tertiary/aromatic N) is 1. The molecule has 122 valence electrons. The van der Waals surface area contributed by atoms with Gasteiger partial charge in [-0.05, 0) is 59.2 Å². The van der Waals surface area contributed by atoms with Gasteiger partial charge in [-0.15, -0.1) is 0 Å². The molecule has 0 heterocycles. The van der Waals surface area contributed by atoms with E-state index in [2.05, 4.69) is 44.6 Å². The van der Waals surface area contributed by atoms with E-state index >= 15 is 0 Å². The van der Waals surface area contributed by atoms with E-state index in [0.29, 0.717) is 0 Å². The predicted octanol–water partition coefficient (Wildman–Crippen LogP) is 5.22. The molecule has 4 heteroatoms. The molecular formula is C19H24FNOSi. The molecule has 2 nitrogen and oxygen atoms in total. The lowest BCUT2D eigenvalue weighted by Gasteiger charge is -2.45. The smallest absolute Gasteiger partial charge is 0.178 e. The zero-order valence-electron chi connectivity index (χ0n) is 14.4. The third kappa shape index (κ3) is 3.88. The average molecular weight is 329 g/mol. The Morgan fingerprint density at radius 2 is 1.52 bits per heavy atom.